The molecule has 1 aliphatic rings. The molecule has 0 spiro atoms. The van der Waals surface area contributed by atoms with Gasteiger partial charge in [-0.15, -0.1) is 0 Å². The van der Waals surface area contributed by atoms with Crippen LogP contribution in [0.4, 0.5) is 5.95 Å². The van der Waals surface area contributed by atoms with E-state index in [9.17, 15) is 9.90 Å². The number of amides is 1. The molecule has 2 unspecified atom stereocenters. The Morgan fingerprint density at radius 3 is 2.56 bits per heavy atom. The molecule has 1 aromatic rings. The average molecular weight is 222 g/mol. The van der Waals surface area contributed by atoms with Crippen LogP contribution in [0.3, 0.4) is 0 Å². The maximum atomic E-state index is 11.2. The van der Waals surface area contributed by atoms with Crippen molar-refractivity contribution in [3.05, 3.63) is 18.0 Å². The zero-order valence-corrected chi connectivity index (χ0v) is 8.97. The van der Waals surface area contributed by atoms with Crippen molar-refractivity contribution in [2.24, 2.45) is 0 Å². The lowest BCUT2D eigenvalue weighted by Crippen LogP contribution is -2.43. The lowest BCUT2D eigenvalue weighted by molar-refractivity contribution is 0.0782. The van der Waals surface area contributed by atoms with Gasteiger partial charge in [0.25, 0.3) is 5.91 Å². The summed E-state index contributed by atoms with van der Waals surface area (Å²) in [4.78, 5) is 19.2. The molecule has 1 aliphatic carbocycles. The van der Waals surface area contributed by atoms with Gasteiger partial charge >= 0.3 is 0 Å². The highest BCUT2D eigenvalue weighted by atomic mass is 16.3. The highest BCUT2D eigenvalue weighted by Gasteiger charge is 2.29. The van der Waals surface area contributed by atoms with E-state index in [0.29, 0.717) is 11.5 Å². The lowest BCUT2D eigenvalue weighted by Gasteiger charge is -2.32. The first-order valence-electron chi connectivity index (χ1n) is 5.19. The summed E-state index contributed by atoms with van der Waals surface area (Å²) in [6.45, 7) is 0. The van der Waals surface area contributed by atoms with E-state index in [-0.39, 0.29) is 18.1 Å². The standard InChI is InChI=1S/C10H14N4O2/c1-11-9(16)6-4-12-10(13-5-6)14-7-2-3-8(7)15/h4-5,7-8,15H,2-3H2,1H3,(H,11,16)(H,12,13,14). The zero-order valence-electron chi connectivity index (χ0n) is 8.97. The maximum Gasteiger partial charge on any atom is 0.254 e. The number of aromatic nitrogens is 2. The Hall–Kier alpha value is -1.69. The molecule has 2 rings (SSSR count). The van der Waals surface area contributed by atoms with E-state index in [4.69, 9.17) is 0 Å². The quantitative estimate of drug-likeness (QED) is 0.657. The Morgan fingerprint density at radius 1 is 1.44 bits per heavy atom. The molecule has 6 heteroatoms. The predicted molar refractivity (Wildman–Crippen MR) is 58.1 cm³/mol. The second-order valence-corrected chi connectivity index (χ2v) is 3.77. The first kappa shape index (κ1) is 10.8. The number of rotatable bonds is 3. The Morgan fingerprint density at radius 2 is 2.12 bits per heavy atom. The van der Waals surface area contributed by atoms with E-state index in [1.165, 1.54) is 12.4 Å². The van der Waals surface area contributed by atoms with Crippen molar-refractivity contribution >= 4 is 11.9 Å². The summed E-state index contributed by atoms with van der Waals surface area (Å²) in [7, 11) is 1.55. The first-order chi connectivity index (χ1) is 7.70. The summed E-state index contributed by atoms with van der Waals surface area (Å²) >= 11 is 0. The van der Waals surface area contributed by atoms with Crippen LogP contribution in [0.2, 0.25) is 0 Å². The van der Waals surface area contributed by atoms with E-state index in [2.05, 4.69) is 20.6 Å². The van der Waals surface area contributed by atoms with Crippen molar-refractivity contribution in [1.82, 2.24) is 15.3 Å². The maximum absolute atomic E-state index is 11.2. The number of nitrogens with zero attached hydrogens (tertiary/aromatic N) is 2. The first-order valence-corrected chi connectivity index (χ1v) is 5.19. The minimum absolute atomic E-state index is 0.0332. The second-order valence-electron chi connectivity index (χ2n) is 3.77. The molecule has 86 valence electrons. The minimum Gasteiger partial charge on any atom is -0.391 e. The summed E-state index contributed by atoms with van der Waals surface area (Å²) in [5, 5.41) is 14.9. The molecule has 1 amide bonds. The number of carbonyl (C=O) groups excluding carboxylic acids is 1. The lowest BCUT2D eigenvalue weighted by atomic mass is 9.89. The van der Waals surface area contributed by atoms with E-state index in [1.54, 1.807) is 7.05 Å². The van der Waals surface area contributed by atoms with E-state index >= 15 is 0 Å². The fourth-order valence-electron chi connectivity index (χ4n) is 1.48. The van der Waals surface area contributed by atoms with Gasteiger partial charge in [0.1, 0.15) is 0 Å². The summed E-state index contributed by atoms with van der Waals surface area (Å²) in [5.74, 6) is 0.228. The Labute approximate surface area is 93.1 Å². The van der Waals surface area contributed by atoms with E-state index in [1.807, 2.05) is 0 Å². The van der Waals surface area contributed by atoms with Gasteiger partial charge in [0, 0.05) is 19.4 Å². The Bertz CT molecular complexity index is 379. The molecule has 16 heavy (non-hydrogen) atoms. The van der Waals surface area contributed by atoms with Crippen molar-refractivity contribution in [3.63, 3.8) is 0 Å². The SMILES string of the molecule is CNC(=O)c1cnc(NC2CCC2O)nc1. The number of hydrogen-bond acceptors (Lipinski definition) is 5. The topological polar surface area (TPSA) is 87.1 Å². The van der Waals surface area contributed by atoms with Gasteiger partial charge in [-0.1, -0.05) is 0 Å². The van der Waals surface area contributed by atoms with Crippen LogP contribution in [-0.2, 0) is 0 Å². The fourth-order valence-corrected chi connectivity index (χ4v) is 1.48. The molecule has 1 saturated carbocycles. The van der Waals surface area contributed by atoms with Crippen molar-refractivity contribution in [2.45, 2.75) is 25.0 Å². The highest BCUT2D eigenvalue weighted by Crippen LogP contribution is 2.22. The molecule has 0 saturated heterocycles. The second kappa shape index (κ2) is 4.44. The molecule has 1 aromatic heterocycles. The third-order valence-corrected chi connectivity index (χ3v) is 2.69. The highest BCUT2D eigenvalue weighted by molar-refractivity contribution is 5.93. The number of carbonyl (C=O) groups is 1. The van der Waals surface area contributed by atoms with Crippen LogP contribution in [0.25, 0.3) is 0 Å². The van der Waals surface area contributed by atoms with Crippen molar-refractivity contribution in [3.8, 4) is 0 Å². The summed E-state index contributed by atoms with van der Waals surface area (Å²) in [6, 6.07) is 0.0332. The van der Waals surface area contributed by atoms with Crippen LogP contribution in [0.5, 0.6) is 0 Å². The molecule has 1 fully saturated rings. The zero-order chi connectivity index (χ0) is 11.5. The van der Waals surface area contributed by atoms with Crippen molar-refractivity contribution < 1.29 is 9.90 Å². The van der Waals surface area contributed by atoms with E-state index in [0.717, 1.165) is 12.8 Å². The van der Waals surface area contributed by atoms with E-state index < -0.39 is 0 Å². The number of aliphatic hydroxyl groups is 1. The van der Waals surface area contributed by atoms with Crippen molar-refractivity contribution in [1.29, 1.82) is 0 Å². The van der Waals surface area contributed by atoms with Gasteiger partial charge in [-0.3, -0.25) is 4.79 Å². The molecular weight excluding hydrogens is 208 g/mol. The van der Waals surface area contributed by atoms with Crippen LogP contribution >= 0.6 is 0 Å². The molecular formula is C10H14N4O2. The number of hydrogen-bond donors (Lipinski definition) is 3. The van der Waals surface area contributed by atoms with Crippen LogP contribution in [-0.4, -0.2) is 40.2 Å². The molecule has 0 bridgehead atoms. The van der Waals surface area contributed by atoms with Gasteiger partial charge in [0.05, 0.1) is 17.7 Å². The van der Waals surface area contributed by atoms with Gasteiger partial charge < -0.3 is 15.7 Å². The summed E-state index contributed by atoms with van der Waals surface area (Å²) in [6.07, 6.45) is 4.33. The fraction of sp³-hybridized carbons (Fsp3) is 0.500. The monoisotopic (exact) mass is 222 g/mol. The van der Waals surface area contributed by atoms with Gasteiger partial charge in [-0.25, -0.2) is 9.97 Å². The molecule has 0 radical (unpaired) electrons. The van der Waals surface area contributed by atoms with Crippen LogP contribution in [0.1, 0.15) is 23.2 Å². The van der Waals surface area contributed by atoms with Crippen LogP contribution in [0.15, 0.2) is 12.4 Å². The normalized spacial score (nSPS) is 23.4. The number of anilines is 1. The van der Waals surface area contributed by atoms with Gasteiger partial charge in [0.2, 0.25) is 5.95 Å². The molecule has 0 aliphatic heterocycles. The summed E-state index contributed by atoms with van der Waals surface area (Å²) in [5.41, 5.74) is 0.419. The molecule has 0 aromatic carbocycles. The van der Waals surface area contributed by atoms with Crippen molar-refractivity contribution in [2.75, 3.05) is 12.4 Å². The Balaban J connectivity index is 1.99. The van der Waals surface area contributed by atoms with Crippen LogP contribution < -0.4 is 10.6 Å². The number of nitrogens with one attached hydrogen (secondary N) is 2. The number of aliphatic hydroxyl groups excluding tert-OH is 1. The predicted octanol–water partition coefficient (Wildman–Crippen LogP) is -0.229. The van der Waals surface area contributed by atoms with Gasteiger partial charge in [0.15, 0.2) is 0 Å². The van der Waals surface area contributed by atoms with Gasteiger partial charge in [-0.05, 0) is 12.8 Å². The molecule has 3 N–H and O–H groups in total. The Kier molecular flexibility index (Phi) is 3.00. The average Bonchev–Trinajstić information content (AvgIpc) is 2.34. The smallest absolute Gasteiger partial charge is 0.254 e. The summed E-state index contributed by atoms with van der Waals surface area (Å²) < 4.78 is 0. The largest absolute Gasteiger partial charge is 0.391 e. The van der Waals surface area contributed by atoms with Crippen LogP contribution in [0, 0.1) is 0 Å². The molecule has 2 atom stereocenters. The molecule has 6 nitrogen and oxygen atoms in total. The van der Waals surface area contributed by atoms with Gasteiger partial charge in [-0.2, -0.15) is 0 Å². The third-order valence-electron chi connectivity index (χ3n) is 2.69. The third kappa shape index (κ3) is 2.11. The minimum atomic E-state index is -0.317. The molecule has 1 heterocycles.